The number of hydrogen-bond donors (Lipinski definition) is 1. The number of ether oxygens (including phenoxy) is 1. The van der Waals surface area contributed by atoms with E-state index in [9.17, 15) is 4.79 Å². The van der Waals surface area contributed by atoms with Gasteiger partial charge in [-0.25, -0.2) is 15.0 Å². The molecule has 2 saturated heterocycles. The molecule has 4 rings (SSSR count). The standard InChI is InChI=1S/C23H34N6O2/c1-3-19-20(4-2)27-22-21(26-19)14-18(15-25-22)29-8-5-6-17(16-29)23(30)24-7-9-28-10-12-31-13-11-28/h14-15,17H,3-13,16H2,1-2H3,(H,24,30)/t17-/m1/s1. The van der Waals surface area contributed by atoms with Crippen LogP contribution in [0.4, 0.5) is 5.69 Å². The third-order valence-electron chi connectivity index (χ3n) is 6.32. The second-order valence-corrected chi connectivity index (χ2v) is 8.39. The fraction of sp³-hybridized carbons (Fsp3) is 0.652. The molecule has 8 nitrogen and oxygen atoms in total. The van der Waals surface area contributed by atoms with E-state index in [1.165, 1.54) is 0 Å². The van der Waals surface area contributed by atoms with Gasteiger partial charge >= 0.3 is 0 Å². The molecule has 0 radical (unpaired) electrons. The number of aryl methyl sites for hydroxylation is 2. The molecule has 1 amide bonds. The van der Waals surface area contributed by atoms with Crippen molar-refractivity contribution >= 4 is 22.8 Å². The van der Waals surface area contributed by atoms with Gasteiger partial charge in [0, 0.05) is 39.3 Å². The summed E-state index contributed by atoms with van der Waals surface area (Å²) in [5, 5.41) is 3.14. The maximum absolute atomic E-state index is 12.8. The minimum absolute atomic E-state index is 0.00823. The van der Waals surface area contributed by atoms with Crippen LogP contribution < -0.4 is 10.2 Å². The molecular weight excluding hydrogens is 392 g/mol. The zero-order valence-corrected chi connectivity index (χ0v) is 18.8. The minimum Gasteiger partial charge on any atom is -0.379 e. The van der Waals surface area contributed by atoms with Crippen LogP contribution in [0.15, 0.2) is 12.3 Å². The van der Waals surface area contributed by atoms with Gasteiger partial charge in [0.2, 0.25) is 5.91 Å². The Labute approximate surface area is 184 Å². The van der Waals surface area contributed by atoms with Crippen molar-refractivity contribution in [3.8, 4) is 0 Å². The van der Waals surface area contributed by atoms with Crippen LogP contribution in [0.25, 0.3) is 11.2 Å². The summed E-state index contributed by atoms with van der Waals surface area (Å²) < 4.78 is 5.38. The smallest absolute Gasteiger partial charge is 0.224 e. The SMILES string of the molecule is CCc1nc2cc(N3CCC[C@@H](C(=O)NCCN4CCOCC4)C3)cnc2nc1CC. The van der Waals surface area contributed by atoms with Gasteiger partial charge in [-0.15, -0.1) is 0 Å². The van der Waals surface area contributed by atoms with Gasteiger partial charge in [-0.3, -0.25) is 9.69 Å². The number of hydrogen-bond acceptors (Lipinski definition) is 7. The second kappa shape index (κ2) is 10.3. The van der Waals surface area contributed by atoms with Gasteiger partial charge < -0.3 is 15.0 Å². The van der Waals surface area contributed by atoms with Crippen LogP contribution in [-0.2, 0) is 22.4 Å². The predicted octanol–water partition coefficient (Wildman–Crippen LogP) is 1.81. The fourth-order valence-corrected chi connectivity index (χ4v) is 4.48. The molecule has 1 N–H and O–H groups in total. The Hall–Kier alpha value is -2.32. The lowest BCUT2D eigenvalue weighted by molar-refractivity contribution is -0.125. The number of amides is 1. The van der Waals surface area contributed by atoms with Gasteiger partial charge in [0.15, 0.2) is 5.65 Å². The van der Waals surface area contributed by atoms with E-state index in [-0.39, 0.29) is 11.8 Å². The lowest BCUT2D eigenvalue weighted by atomic mass is 9.96. The number of carbonyl (C=O) groups is 1. The zero-order chi connectivity index (χ0) is 21.6. The van der Waals surface area contributed by atoms with Crippen molar-refractivity contribution in [1.82, 2.24) is 25.2 Å². The van der Waals surface area contributed by atoms with Gasteiger partial charge in [0.05, 0.1) is 42.4 Å². The van der Waals surface area contributed by atoms with Crippen LogP contribution in [-0.4, -0.2) is 78.2 Å². The molecule has 0 unspecified atom stereocenters. The third-order valence-corrected chi connectivity index (χ3v) is 6.32. The van der Waals surface area contributed by atoms with Crippen LogP contribution in [0.2, 0.25) is 0 Å². The van der Waals surface area contributed by atoms with Crippen molar-refractivity contribution in [2.24, 2.45) is 5.92 Å². The Morgan fingerprint density at radius 3 is 2.71 bits per heavy atom. The first-order valence-electron chi connectivity index (χ1n) is 11.7. The molecule has 0 spiro atoms. The lowest BCUT2D eigenvalue weighted by Gasteiger charge is -2.33. The summed E-state index contributed by atoms with van der Waals surface area (Å²) in [6.45, 7) is 10.9. The van der Waals surface area contributed by atoms with Gasteiger partial charge in [-0.1, -0.05) is 13.8 Å². The van der Waals surface area contributed by atoms with Crippen molar-refractivity contribution < 1.29 is 9.53 Å². The maximum atomic E-state index is 12.8. The highest BCUT2D eigenvalue weighted by Gasteiger charge is 2.26. The first-order chi connectivity index (χ1) is 15.2. The topological polar surface area (TPSA) is 83.5 Å². The molecule has 2 aromatic rings. The lowest BCUT2D eigenvalue weighted by Crippen LogP contribution is -2.46. The largest absolute Gasteiger partial charge is 0.379 e. The zero-order valence-electron chi connectivity index (χ0n) is 18.8. The van der Waals surface area contributed by atoms with E-state index in [1.54, 1.807) is 0 Å². The molecule has 4 heterocycles. The molecular formula is C23H34N6O2. The monoisotopic (exact) mass is 426 g/mol. The predicted molar refractivity (Wildman–Crippen MR) is 121 cm³/mol. The number of piperidine rings is 1. The van der Waals surface area contributed by atoms with E-state index in [2.05, 4.69) is 40.0 Å². The van der Waals surface area contributed by atoms with E-state index in [4.69, 9.17) is 14.7 Å². The molecule has 8 heteroatoms. The average Bonchev–Trinajstić information content (AvgIpc) is 2.83. The normalized spacial score (nSPS) is 20.2. The Balaban J connectivity index is 1.38. The highest BCUT2D eigenvalue weighted by molar-refractivity contribution is 5.80. The first-order valence-corrected chi connectivity index (χ1v) is 11.7. The van der Waals surface area contributed by atoms with Crippen LogP contribution in [0, 0.1) is 5.92 Å². The summed E-state index contributed by atoms with van der Waals surface area (Å²) in [6.07, 6.45) is 5.54. The summed E-state index contributed by atoms with van der Waals surface area (Å²) in [5.74, 6) is 0.168. The summed E-state index contributed by atoms with van der Waals surface area (Å²) in [7, 11) is 0. The van der Waals surface area contributed by atoms with Crippen LogP contribution in [0.5, 0.6) is 0 Å². The van der Waals surface area contributed by atoms with E-state index in [1.807, 2.05) is 6.20 Å². The molecule has 31 heavy (non-hydrogen) atoms. The molecule has 168 valence electrons. The molecule has 0 aliphatic carbocycles. The van der Waals surface area contributed by atoms with Crippen molar-refractivity contribution in [2.45, 2.75) is 39.5 Å². The Morgan fingerprint density at radius 1 is 1.16 bits per heavy atom. The molecule has 0 aromatic carbocycles. The summed E-state index contributed by atoms with van der Waals surface area (Å²) in [4.78, 5) is 31.5. The molecule has 2 aliphatic rings. The molecule has 0 bridgehead atoms. The van der Waals surface area contributed by atoms with Crippen molar-refractivity contribution in [3.05, 3.63) is 23.7 Å². The first kappa shape index (κ1) is 21.9. The average molecular weight is 427 g/mol. The quantitative estimate of drug-likeness (QED) is 0.723. The van der Waals surface area contributed by atoms with Crippen molar-refractivity contribution in [1.29, 1.82) is 0 Å². The minimum atomic E-state index is 0.00823. The second-order valence-electron chi connectivity index (χ2n) is 8.39. The number of nitrogens with zero attached hydrogens (tertiary/aromatic N) is 5. The Kier molecular flexibility index (Phi) is 7.29. The number of carbonyl (C=O) groups excluding carboxylic acids is 1. The van der Waals surface area contributed by atoms with Gasteiger partial charge in [0.25, 0.3) is 0 Å². The number of aromatic nitrogens is 3. The van der Waals surface area contributed by atoms with E-state index >= 15 is 0 Å². The number of rotatable bonds is 7. The molecule has 2 aromatic heterocycles. The van der Waals surface area contributed by atoms with Crippen LogP contribution in [0.1, 0.15) is 38.1 Å². The number of fused-ring (bicyclic) bond motifs is 1. The summed E-state index contributed by atoms with van der Waals surface area (Å²) >= 11 is 0. The Bertz CT molecular complexity index is 899. The number of anilines is 1. The Morgan fingerprint density at radius 2 is 1.94 bits per heavy atom. The van der Waals surface area contributed by atoms with Gasteiger partial charge in [0.1, 0.15) is 5.52 Å². The van der Waals surface area contributed by atoms with E-state index in [0.717, 1.165) is 94.2 Å². The highest BCUT2D eigenvalue weighted by Crippen LogP contribution is 2.25. The van der Waals surface area contributed by atoms with Crippen molar-refractivity contribution in [3.63, 3.8) is 0 Å². The summed E-state index contributed by atoms with van der Waals surface area (Å²) in [5.41, 5.74) is 4.64. The van der Waals surface area contributed by atoms with Gasteiger partial charge in [-0.05, 0) is 31.7 Å². The van der Waals surface area contributed by atoms with Gasteiger partial charge in [-0.2, -0.15) is 0 Å². The molecule has 1 atom stereocenters. The molecule has 2 fully saturated rings. The molecule has 2 aliphatic heterocycles. The fourth-order valence-electron chi connectivity index (χ4n) is 4.48. The maximum Gasteiger partial charge on any atom is 0.224 e. The number of pyridine rings is 1. The van der Waals surface area contributed by atoms with Crippen LogP contribution in [0.3, 0.4) is 0 Å². The molecule has 0 saturated carbocycles. The van der Waals surface area contributed by atoms with E-state index < -0.39 is 0 Å². The highest BCUT2D eigenvalue weighted by atomic mass is 16.5. The number of morpholine rings is 1. The summed E-state index contributed by atoms with van der Waals surface area (Å²) in [6, 6.07) is 2.08. The van der Waals surface area contributed by atoms with E-state index in [0.29, 0.717) is 12.2 Å². The number of nitrogens with one attached hydrogen (secondary N) is 1. The van der Waals surface area contributed by atoms with Crippen LogP contribution >= 0.6 is 0 Å². The third kappa shape index (κ3) is 5.30. The van der Waals surface area contributed by atoms with Crippen molar-refractivity contribution in [2.75, 3.05) is 57.4 Å².